The largest absolute Gasteiger partial charge is 0.484 e. The fourth-order valence-electron chi connectivity index (χ4n) is 2.81. The average molecular weight is 416 g/mol. The highest BCUT2D eigenvalue weighted by Crippen LogP contribution is 2.45. The van der Waals surface area contributed by atoms with Crippen LogP contribution in [0.25, 0.3) is 0 Å². The van der Waals surface area contributed by atoms with Crippen molar-refractivity contribution in [3.8, 4) is 5.75 Å². The monoisotopic (exact) mass is 416 g/mol. The van der Waals surface area contributed by atoms with Gasteiger partial charge in [-0.1, -0.05) is 6.07 Å². The second-order valence-electron chi connectivity index (χ2n) is 6.61. The Labute approximate surface area is 161 Å². The van der Waals surface area contributed by atoms with Crippen molar-refractivity contribution in [3.05, 3.63) is 29.3 Å². The van der Waals surface area contributed by atoms with Crippen molar-refractivity contribution in [1.82, 2.24) is 5.32 Å². The number of amides is 2. The lowest BCUT2D eigenvalue weighted by molar-refractivity contribution is -0.153. The van der Waals surface area contributed by atoms with Gasteiger partial charge in [-0.05, 0) is 48.2 Å². The van der Waals surface area contributed by atoms with E-state index >= 15 is 0 Å². The number of nitrogens with two attached hydrogens (primary N) is 1. The molecule has 0 radical (unpaired) electrons. The van der Waals surface area contributed by atoms with Gasteiger partial charge in [0.1, 0.15) is 5.75 Å². The summed E-state index contributed by atoms with van der Waals surface area (Å²) in [6.07, 6.45) is -3.64. The molecule has 28 heavy (non-hydrogen) atoms. The number of carbonyl (C=O) groups is 4. The smallest absolute Gasteiger partial charge is 0.422 e. The molecule has 0 aromatic heterocycles. The molecule has 3 N–H and O–H groups in total. The first kappa shape index (κ1) is 20.2. The Hall–Kier alpha value is -2.56. The maximum atomic E-state index is 12.5. The molecule has 2 aliphatic rings. The standard InChI is InChI=1S/C17H15F3N2O5S/c18-17(19,20)7-27-11-5-9(3-4-10(11)8-1-2-8)13(24)22-16(6-12(21)23)14(25)28-15(16)26/h3-5,8H,1-2,6-7H2,(H2,21,23)(H,22,24). The average Bonchev–Trinajstić information content (AvgIpc) is 3.43. The van der Waals surface area contributed by atoms with Crippen molar-refractivity contribution < 1.29 is 37.1 Å². The highest BCUT2D eigenvalue weighted by molar-refractivity contribution is 8.30. The molecule has 0 atom stereocenters. The summed E-state index contributed by atoms with van der Waals surface area (Å²) < 4.78 is 42.4. The second kappa shape index (κ2) is 7.12. The van der Waals surface area contributed by atoms with Gasteiger partial charge in [0.15, 0.2) is 12.1 Å². The fraction of sp³-hybridized carbons (Fsp3) is 0.412. The molecule has 0 spiro atoms. The van der Waals surface area contributed by atoms with Crippen molar-refractivity contribution in [3.63, 3.8) is 0 Å². The maximum Gasteiger partial charge on any atom is 0.422 e. The van der Waals surface area contributed by atoms with E-state index in [0.29, 0.717) is 17.3 Å². The molecular weight excluding hydrogens is 401 g/mol. The number of hydrogen-bond acceptors (Lipinski definition) is 6. The molecule has 3 rings (SSSR count). The molecule has 0 bridgehead atoms. The van der Waals surface area contributed by atoms with Crippen molar-refractivity contribution in [1.29, 1.82) is 0 Å². The predicted octanol–water partition coefficient (Wildman–Crippen LogP) is 1.65. The number of benzene rings is 1. The molecule has 2 fully saturated rings. The van der Waals surface area contributed by atoms with Gasteiger partial charge in [0.25, 0.3) is 5.91 Å². The number of hydrogen-bond donors (Lipinski definition) is 2. The molecular formula is C17H15F3N2O5S. The Bertz CT molecular complexity index is 853. The summed E-state index contributed by atoms with van der Waals surface area (Å²) in [7, 11) is 0. The highest BCUT2D eigenvalue weighted by Gasteiger charge is 2.58. The Morgan fingerprint density at radius 2 is 1.89 bits per heavy atom. The normalized spacial score (nSPS) is 18.4. The van der Waals surface area contributed by atoms with E-state index < -0.39 is 46.8 Å². The molecule has 1 aliphatic heterocycles. The molecule has 0 unspecified atom stereocenters. The molecule has 2 amide bonds. The van der Waals surface area contributed by atoms with Crippen molar-refractivity contribution in [2.24, 2.45) is 5.73 Å². The number of halogens is 3. The minimum absolute atomic E-state index is 0.0627. The number of alkyl halides is 3. The Morgan fingerprint density at radius 3 is 2.39 bits per heavy atom. The number of ether oxygens (including phenoxy) is 1. The third kappa shape index (κ3) is 4.13. The van der Waals surface area contributed by atoms with Gasteiger partial charge >= 0.3 is 6.18 Å². The number of thioether (sulfide) groups is 1. The molecule has 1 aromatic rings. The van der Waals surface area contributed by atoms with Gasteiger partial charge in [-0.3, -0.25) is 19.2 Å². The summed E-state index contributed by atoms with van der Waals surface area (Å²) in [6, 6.07) is 3.98. The molecule has 1 saturated heterocycles. The van der Waals surface area contributed by atoms with Gasteiger partial charge in [0.2, 0.25) is 16.1 Å². The Balaban J connectivity index is 1.84. The quantitative estimate of drug-likeness (QED) is 0.653. The summed E-state index contributed by atoms with van der Waals surface area (Å²) in [5.74, 6) is -1.88. The van der Waals surface area contributed by atoms with Gasteiger partial charge in [-0.15, -0.1) is 0 Å². The van der Waals surface area contributed by atoms with Gasteiger partial charge in [-0.25, -0.2) is 0 Å². The van der Waals surface area contributed by atoms with E-state index in [4.69, 9.17) is 10.5 Å². The maximum absolute atomic E-state index is 12.5. The van der Waals surface area contributed by atoms with Crippen LogP contribution < -0.4 is 15.8 Å². The second-order valence-corrected chi connectivity index (χ2v) is 7.56. The topological polar surface area (TPSA) is 116 Å². The van der Waals surface area contributed by atoms with E-state index in [1.807, 2.05) is 0 Å². The molecule has 7 nitrogen and oxygen atoms in total. The lowest BCUT2D eigenvalue weighted by Gasteiger charge is -2.36. The van der Waals surface area contributed by atoms with Crippen LogP contribution in [-0.4, -0.2) is 40.4 Å². The SMILES string of the molecule is NC(=O)CC1(NC(=O)c2ccc(C3CC3)c(OCC(F)(F)F)c2)C(=O)SC1=O. The van der Waals surface area contributed by atoms with Crippen LogP contribution >= 0.6 is 11.8 Å². The predicted molar refractivity (Wildman–Crippen MR) is 91.6 cm³/mol. The minimum atomic E-state index is -4.55. The first-order chi connectivity index (χ1) is 13.0. The summed E-state index contributed by atoms with van der Waals surface area (Å²) in [4.78, 5) is 47.5. The number of nitrogens with one attached hydrogen (secondary N) is 1. The van der Waals surface area contributed by atoms with Gasteiger partial charge in [0.05, 0.1) is 6.42 Å². The summed E-state index contributed by atoms with van der Waals surface area (Å²) in [5, 5.41) is 0.746. The van der Waals surface area contributed by atoms with Crippen molar-refractivity contribution in [2.75, 3.05) is 6.61 Å². The van der Waals surface area contributed by atoms with Gasteiger partial charge in [-0.2, -0.15) is 13.2 Å². The Morgan fingerprint density at radius 1 is 1.25 bits per heavy atom. The van der Waals surface area contributed by atoms with E-state index in [-0.39, 0.29) is 17.2 Å². The van der Waals surface area contributed by atoms with E-state index in [1.54, 1.807) is 0 Å². The minimum Gasteiger partial charge on any atom is -0.484 e. The van der Waals surface area contributed by atoms with Gasteiger partial charge < -0.3 is 15.8 Å². The van der Waals surface area contributed by atoms with Crippen LogP contribution in [-0.2, 0) is 14.4 Å². The molecule has 1 heterocycles. The van der Waals surface area contributed by atoms with Crippen LogP contribution in [0.2, 0.25) is 0 Å². The van der Waals surface area contributed by atoms with E-state index in [1.165, 1.54) is 12.1 Å². The van der Waals surface area contributed by atoms with E-state index in [0.717, 1.165) is 18.9 Å². The molecule has 1 aliphatic carbocycles. The third-order valence-corrected chi connectivity index (χ3v) is 5.40. The first-order valence-corrected chi connectivity index (χ1v) is 9.04. The van der Waals surface area contributed by atoms with Crippen LogP contribution in [0.5, 0.6) is 5.75 Å². The first-order valence-electron chi connectivity index (χ1n) is 8.23. The van der Waals surface area contributed by atoms with Crippen molar-refractivity contribution >= 4 is 33.8 Å². The fourth-order valence-corrected chi connectivity index (χ4v) is 3.60. The zero-order chi connectivity index (χ0) is 20.7. The van der Waals surface area contributed by atoms with E-state index in [9.17, 15) is 32.3 Å². The van der Waals surface area contributed by atoms with Crippen molar-refractivity contribution in [2.45, 2.75) is 36.9 Å². The zero-order valence-corrected chi connectivity index (χ0v) is 15.1. The van der Waals surface area contributed by atoms with Crippen LogP contribution in [0.4, 0.5) is 13.2 Å². The Kier molecular flexibility index (Phi) is 5.13. The van der Waals surface area contributed by atoms with Gasteiger partial charge in [0, 0.05) is 5.56 Å². The lowest BCUT2D eigenvalue weighted by Crippen LogP contribution is -2.66. The molecule has 1 aromatic carbocycles. The van der Waals surface area contributed by atoms with Crippen LogP contribution in [0.3, 0.4) is 0 Å². The number of rotatable bonds is 7. The molecule has 150 valence electrons. The summed E-state index contributed by atoms with van der Waals surface area (Å²) in [5.41, 5.74) is 3.46. The van der Waals surface area contributed by atoms with Crippen LogP contribution in [0, 0.1) is 0 Å². The number of carbonyl (C=O) groups excluding carboxylic acids is 4. The van der Waals surface area contributed by atoms with E-state index in [2.05, 4.69) is 5.32 Å². The molecule has 11 heteroatoms. The van der Waals surface area contributed by atoms with Crippen LogP contribution in [0.1, 0.15) is 41.1 Å². The molecule has 1 saturated carbocycles. The zero-order valence-electron chi connectivity index (χ0n) is 14.3. The van der Waals surface area contributed by atoms with Crippen LogP contribution in [0.15, 0.2) is 18.2 Å². The summed E-state index contributed by atoms with van der Waals surface area (Å²) in [6.45, 7) is -1.52. The third-order valence-electron chi connectivity index (χ3n) is 4.33. The number of primary amides is 1. The highest BCUT2D eigenvalue weighted by atomic mass is 32.2. The lowest BCUT2D eigenvalue weighted by atomic mass is 9.95. The summed E-state index contributed by atoms with van der Waals surface area (Å²) >= 11 is 0.348.